The van der Waals surface area contributed by atoms with E-state index in [-0.39, 0.29) is 19.2 Å². The molecule has 0 unspecified atom stereocenters. The summed E-state index contributed by atoms with van der Waals surface area (Å²) >= 11 is 0. The average molecular weight is 504 g/mol. The number of hydrogen-bond donors (Lipinski definition) is 2. The van der Waals surface area contributed by atoms with Crippen molar-refractivity contribution >= 4 is 11.9 Å². The Morgan fingerprint density at radius 1 is 0.944 bits per heavy atom. The summed E-state index contributed by atoms with van der Waals surface area (Å²) in [5.41, 5.74) is 2.78. The van der Waals surface area contributed by atoms with Gasteiger partial charge >= 0.3 is 12.1 Å². The molecule has 190 valence electrons. The van der Waals surface area contributed by atoms with Crippen LogP contribution in [-0.4, -0.2) is 51.4 Å². The number of benzene rings is 1. The fraction of sp³-hybridized carbons (Fsp3) is 0.250. The van der Waals surface area contributed by atoms with Crippen molar-refractivity contribution in [3.63, 3.8) is 0 Å². The molecule has 12 heteroatoms. The molecule has 0 bridgehead atoms. The van der Waals surface area contributed by atoms with Crippen LogP contribution in [0, 0.1) is 0 Å². The van der Waals surface area contributed by atoms with Crippen LogP contribution in [-0.2, 0) is 29.2 Å². The molecule has 0 saturated heterocycles. The maximum absolute atomic E-state index is 12.6. The average Bonchev–Trinajstić information content (AvgIpc) is 3.32. The molecule has 9 nitrogen and oxygen atoms in total. The smallest absolute Gasteiger partial charge is 0.475 e. The molecule has 0 fully saturated rings. The van der Waals surface area contributed by atoms with E-state index >= 15 is 0 Å². The first kappa shape index (κ1) is 26.4. The third kappa shape index (κ3) is 8.55. The van der Waals surface area contributed by atoms with Crippen molar-refractivity contribution in [2.75, 3.05) is 13.3 Å². The molecule has 0 spiro atoms. The highest BCUT2D eigenvalue weighted by Crippen LogP contribution is 2.32. The number of aliphatic carboxylic acids is 1. The number of aromatic nitrogens is 2. The number of carbonyl (C=O) groups is 2. The molecule has 1 aliphatic heterocycles. The Morgan fingerprint density at radius 2 is 1.53 bits per heavy atom. The standard InChI is InChI=1S/C22H22N4O3.C2HF3O2/c27-22(25-12-17-7-8-20-21(11-17)29-16-28-20)15-26(13-18-5-1-3-9-23-18)14-19-6-2-4-10-24-19;3-2(4,5)1(6)7/h1-11H,12-16H2,(H,25,27);(H,6,7). The summed E-state index contributed by atoms with van der Waals surface area (Å²) in [5, 5.41) is 10.1. The number of ether oxygens (including phenoxy) is 2. The lowest BCUT2D eigenvalue weighted by Crippen LogP contribution is -2.36. The molecule has 4 rings (SSSR count). The number of rotatable bonds is 8. The lowest BCUT2D eigenvalue weighted by molar-refractivity contribution is -0.192. The van der Waals surface area contributed by atoms with Gasteiger partial charge in [0.05, 0.1) is 17.9 Å². The molecular weight excluding hydrogens is 481 g/mol. The van der Waals surface area contributed by atoms with E-state index < -0.39 is 12.1 Å². The number of halogens is 3. The minimum absolute atomic E-state index is 0.0606. The van der Waals surface area contributed by atoms with Gasteiger partial charge in [-0.25, -0.2) is 4.79 Å². The summed E-state index contributed by atoms with van der Waals surface area (Å²) in [7, 11) is 0. The zero-order valence-corrected chi connectivity index (χ0v) is 18.9. The molecule has 2 N–H and O–H groups in total. The van der Waals surface area contributed by atoms with E-state index in [9.17, 15) is 18.0 Å². The van der Waals surface area contributed by atoms with E-state index in [0.717, 1.165) is 22.7 Å². The summed E-state index contributed by atoms with van der Waals surface area (Å²) in [6.45, 7) is 2.04. The highest BCUT2D eigenvalue weighted by Gasteiger charge is 2.38. The van der Waals surface area contributed by atoms with E-state index in [1.165, 1.54) is 0 Å². The third-order valence-electron chi connectivity index (χ3n) is 4.76. The van der Waals surface area contributed by atoms with Gasteiger partial charge in [0.2, 0.25) is 12.7 Å². The molecule has 36 heavy (non-hydrogen) atoms. The van der Waals surface area contributed by atoms with Crippen molar-refractivity contribution in [2.24, 2.45) is 0 Å². The van der Waals surface area contributed by atoms with Gasteiger partial charge in [-0.3, -0.25) is 19.7 Å². The number of fused-ring (bicyclic) bond motifs is 1. The molecule has 1 amide bonds. The first-order valence-electron chi connectivity index (χ1n) is 10.7. The topological polar surface area (TPSA) is 114 Å². The van der Waals surface area contributed by atoms with Crippen molar-refractivity contribution < 1.29 is 37.3 Å². The van der Waals surface area contributed by atoms with Crippen LogP contribution in [0.3, 0.4) is 0 Å². The molecule has 0 aliphatic carbocycles. The minimum atomic E-state index is -5.08. The molecule has 0 atom stereocenters. The number of carboxylic acids is 1. The fourth-order valence-electron chi connectivity index (χ4n) is 3.12. The number of alkyl halides is 3. The summed E-state index contributed by atoms with van der Waals surface area (Å²) in [4.78, 5) is 32.3. The summed E-state index contributed by atoms with van der Waals surface area (Å²) in [6, 6.07) is 17.2. The molecule has 0 radical (unpaired) electrons. The Kier molecular flexibility index (Phi) is 9.17. The first-order chi connectivity index (χ1) is 17.2. The van der Waals surface area contributed by atoms with Gasteiger partial charge in [0.25, 0.3) is 0 Å². The van der Waals surface area contributed by atoms with Crippen LogP contribution in [0.2, 0.25) is 0 Å². The number of carboxylic acid groups (broad SMARTS) is 1. The Morgan fingerprint density at radius 3 is 2.06 bits per heavy atom. The largest absolute Gasteiger partial charge is 0.490 e. The van der Waals surface area contributed by atoms with Crippen LogP contribution >= 0.6 is 0 Å². The SMILES string of the molecule is O=C(CN(Cc1ccccn1)Cc1ccccn1)NCc1ccc2c(c1)OCO2.O=C(O)C(F)(F)F. The first-order valence-corrected chi connectivity index (χ1v) is 10.7. The van der Waals surface area contributed by atoms with Gasteiger partial charge in [0.1, 0.15) is 0 Å². The zero-order chi connectivity index (χ0) is 26.0. The van der Waals surface area contributed by atoms with Crippen molar-refractivity contribution in [2.45, 2.75) is 25.8 Å². The molecule has 2 aromatic heterocycles. The minimum Gasteiger partial charge on any atom is -0.475 e. The van der Waals surface area contributed by atoms with Crippen molar-refractivity contribution in [1.82, 2.24) is 20.2 Å². The maximum atomic E-state index is 12.6. The van der Waals surface area contributed by atoms with Crippen molar-refractivity contribution in [1.29, 1.82) is 0 Å². The molecule has 3 heterocycles. The number of nitrogens with zero attached hydrogens (tertiary/aromatic N) is 3. The molecule has 0 saturated carbocycles. The predicted molar refractivity (Wildman–Crippen MR) is 121 cm³/mol. The van der Waals surface area contributed by atoms with Crippen molar-refractivity contribution in [3.8, 4) is 11.5 Å². The summed E-state index contributed by atoms with van der Waals surface area (Å²) in [5.74, 6) is -1.37. The lowest BCUT2D eigenvalue weighted by Gasteiger charge is -2.21. The number of amides is 1. The highest BCUT2D eigenvalue weighted by molar-refractivity contribution is 5.78. The highest BCUT2D eigenvalue weighted by atomic mass is 19.4. The van der Waals surface area contributed by atoms with Crippen LogP contribution < -0.4 is 14.8 Å². The second-order valence-electron chi connectivity index (χ2n) is 7.55. The van der Waals surface area contributed by atoms with Gasteiger partial charge in [-0.2, -0.15) is 13.2 Å². The van der Waals surface area contributed by atoms with E-state index in [1.54, 1.807) is 12.4 Å². The Hall–Kier alpha value is -4.19. The summed E-state index contributed by atoms with van der Waals surface area (Å²) < 4.78 is 42.4. The second kappa shape index (κ2) is 12.5. The number of nitrogens with one attached hydrogen (secondary N) is 1. The number of carbonyl (C=O) groups excluding carboxylic acids is 1. The normalized spacial score (nSPS) is 12.0. The Labute approximate surface area is 204 Å². The van der Waals surface area contributed by atoms with Crippen LogP contribution in [0.25, 0.3) is 0 Å². The van der Waals surface area contributed by atoms with E-state index in [1.807, 2.05) is 59.5 Å². The van der Waals surface area contributed by atoms with E-state index in [2.05, 4.69) is 15.3 Å². The molecule has 1 aromatic carbocycles. The number of pyridine rings is 2. The summed E-state index contributed by atoms with van der Waals surface area (Å²) in [6.07, 6.45) is -1.57. The molecule has 3 aromatic rings. The second-order valence-corrected chi connectivity index (χ2v) is 7.55. The van der Waals surface area contributed by atoms with Crippen LogP contribution in [0.15, 0.2) is 67.0 Å². The van der Waals surface area contributed by atoms with Gasteiger partial charge in [-0.1, -0.05) is 18.2 Å². The van der Waals surface area contributed by atoms with Gasteiger partial charge < -0.3 is 19.9 Å². The Balaban J connectivity index is 0.000000454. The van der Waals surface area contributed by atoms with Crippen LogP contribution in [0.1, 0.15) is 17.0 Å². The van der Waals surface area contributed by atoms with Crippen molar-refractivity contribution in [3.05, 3.63) is 83.9 Å². The van der Waals surface area contributed by atoms with Gasteiger partial charge in [0, 0.05) is 32.0 Å². The van der Waals surface area contributed by atoms with Crippen LogP contribution in [0.4, 0.5) is 13.2 Å². The van der Waals surface area contributed by atoms with Gasteiger partial charge in [0.15, 0.2) is 11.5 Å². The maximum Gasteiger partial charge on any atom is 0.490 e. The van der Waals surface area contributed by atoms with Gasteiger partial charge in [-0.15, -0.1) is 0 Å². The van der Waals surface area contributed by atoms with Crippen LogP contribution in [0.5, 0.6) is 11.5 Å². The third-order valence-corrected chi connectivity index (χ3v) is 4.76. The quantitative estimate of drug-likeness (QED) is 0.481. The van der Waals surface area contributed by atoms with E-state index in [0.29, 0.717) is 25.4 Å². The molecule has 1 aliphatic rings. The lowest BCUT2D eigenvalue weighted by atomic mass is 10.2. The Bertz CT molecular complexity index is 1110. The monoisotopic (exact) mass is 504 g/mol. The number of hydrogen-bond acceptors (Lipinski definition) is 7. The zero-order valence-electron chi connectivity index (χ0n) is 18.9. The predicted octanol–water partition coefficient (Wildman–Crippen LogP) is 3.16. The molecular formula is C24H23F3N4O5. The van der Waals surface area contributed by atoms with E-state index in [4.69, 9.17) is 19.4 Å². The van der Waals surface area contributed by atoms with Gasteiger partial charge in [-0.05, 0) is 42.0 Å². The fourth-order valence-corrected chi connectivity index (χ4v) is 3.12.